The monoisotopic (exact) mass is 429 g/mol. The maximum atomic E-state index is 12.6. The number of benzene rings is 2. The van der Waals surface area contributed by atoms with Crippen molar-refractivity contribution in [2.75, 3.05) is 32.2 Å². The molecule has 2 amide bonds. The quantitative estimate of drug-likeness (QED) is 0.396. The highest BCUT2D eigenvalue weighted by molar-refractivity contribution is 7.80. The highest BCUT2D eigenvalue weighted by Gasteiger charge is 2.14. The number of nitrogens with one attached hydrogen (secondary N) is 3. The number of unbranched alkanes of at least 4 members (excludes halogenated alkanes) is 1. The summed E-state index contributed by atoms with van der Waals surface area (Å²) < 4.78 is 10.6. The first-order chi connectivity index (χ1) is 14.5. The van der Waals surface area contributed by atoms with Gasteiger partial charge in [0.1, 0.15) is 5.75 Å². The molecular weight excluding hydrogens is 402 g/mol. The summed E-state index contributed by atoms with van der Waals surface area (Å²) in [6.07, 6.45) is 1.91. The normalized spacial score (nSPS) is 10.2. The number of thiocarbonyl (C=S) groups is 1. The Morgan fingerprint density at radius 1 is 1.03 bits per heavy atom. The van der Waals surface area contributed by atoms with Crippen LogP contribution in [-0.4, -0.2) is 43.8 Å². The molecule has 0 aliphatic heterocycles. The van der Waals surface area contributed by atoms with Gasteiger partial charge in [-0.05, 0) is 49.0 Å². The summed E-state index contributed by atoms with van der Waals surface area (Å²) in [7, 11) is 1.57. The Morgan fingerprint density at radius 2 is 1.83 bits per heavy atom. The van der Waals surface area contributed by atoms with Gasteiger partial charge in [-0.25, -0.2) is 0 Å². The topological polar surface area (TPSA) is 88.7 Å². The van der Waals surface area contributed by atoms with Crippen molar-refractivity contribution in [3.05, 3.63) is 59.7 Å². The molecule has 0 aromatic heterocycles. The van der Waals surface area contributed by atoms with Gasteiger partial charge in [0, 0.05) is 24.9 Å². The standard InChI is InChI=1S/C22H27N3O4S/c1-3-4-13-29-19-11-6-5-10-18(19)21(27)25-22(30)24-17-9-7-8-16(15-17)20(26)23-12-14-28-2/h5-11,15H,3-4,12-14H2,1-2H3,(H,23,26)(H2,24,25,27,30). The van der Waals surface area contributed by atoms with E-state index in [1.54, 1.807) is 49.6 Å². The molecule has 3 N–H and O–H groups in total. The van der Waals surface area contributed by atoms with Crippen LogP contribution in [0.5, 0.6) is 5.75 Å². The van der Waals surface area contributed by atoms with Crippen molar-refractivity contribution in [3.63, 3.8) is 0 Å². The molecule has 160 valence electrons. The van der Waals surface area contributed by atoms with Crippen LogP contribution in [0.3, 0.4) is 0 Å². The summed E-state index contributed by atoms with van der Waals surface area (Å²) in [4.78, 5) is 24.8. The third-order valence-corrected chi connectivity index (χ3v) is 4.29. The van der Waals surface area contributed by atoms with Gasteiger partial charge in [-0.1, -0.05) is 31.5 Å². The van der Waals surface area contributed by atoms with E-state index >= 15 is 0 Å². The first-order valence-corrected chi connectivity index (χ1v) is 10.2. The van der Waals surface area contributed by atoms with Crippen molar-refractivity contribution in [1.82, 2.24) is 10.6 Å². The predicted molar refractivity (Wildman–Crippen MR) is 121 cm³/mol. The van der Waals surface area contributed by atoms with Crippen molar-refractivity contribution in [2.45, 2.75) is 19.8 Å². The molecule has 0 heterocycles. The van der Waals surface area contributed by atoms with E-state index < -0.39 is 0 Å². The lowest BCUT2D eigenvalue weighted by Crippen LogP contribution is -2.34. The van der Waals surface area contributed by atoms with Crippen LogP contribution in [-0.2, 0) is 4.74 Å². The molecule has 0 atom stereocenters. The molecule has 2 rings (SSSR count). The lowest BCUT2D eigenvalue weighted by Gasteiger charge is -2.13. The number of ether oxygens (including phenoxy) is 2. The van der Waals surface area contributed by atoms with Gasteiger partial charge in [-0.2, -0.15) is 0 Å². The van der Waals surface area contributed by atoms with Crippen LogP contribution >= 0.6 is 12.2 Å². The molecule has 0 bridgehead atoms. The number of anilines is 1. The summed E-state index contributed by atoms with van der Waals surface area (Å²) >= 11 is 5.26. The minimum Gasteiger partial charge on any atom is -0.493 e. The Labute approximate surface area is 182 Å². The second kappa shape index (κ2) is 12.6. The molecule has 7 nitrogen and oxygen atoms in total. The highest BCUT2D eigenvalue weighted by atomic mass is 32.1. The molecule has 0 fully saturated rings. The zero-order chi connectivity index (χ0) is 21.8. The molecule has 0 saturated carbocycles. The molecule has 0 unspecified atom stereocenters. The lowest BCUT2D eigenvalue weighted by atomic mass is 10.2. The third-order valence-electron chi connectivity index (χ3n) is 4.09. The van der Waals surface area contributed by atoms with Crippen molar-refractivity contribution in [3.8, 4) is 5.75 Å². The highest BCUT2D eigenvalue weighted by Crippen LogP contribution is 2.18. The maximum Gasteiger partial charge on any atom is 0.261 e. The number of carbonyl (C=O) groups excluding carboxylic acids is 2. The number of rotatable bonds is 10. The Bertz CT molecular complexity index is 873. The Hall–Kier alpha value is -2.97. The fraction of sp³-hybridized carbons (Fsp3) is 0.318. The predicted octanol–water partition coefficient (Wildman–Crippen LogP) is 3.37. The molecule has 0 radical (unpaired) electrons. The number of hydrogen-bond acceptors (Lipinski definition) is 5. The Morgan fingerprint density at radius 3 is 2.60 bits per heavy atom. The SMILES string of the molecule is CCCCOc1ccccc1C(=O)NC(=S)Nc1cccc(C(=O)NCCOC)c1. The van der Waals surface area contributed by atoms with Crippen molar-refractivity contribution in [1.29, 1.82) is 0 Å². The number of para-hydroxylation sites is 1. The van der Waals surface area contributed by atoms with E-state index in [0.717, 1.165) is 12.8 Å². The van der Waals surface area contributed by atoms with Crippen molar-refractivity contribution in [2.24, 2.45) is 0 Å². The average molecular weight is 430 g/mol. The number of amides is 2. The van der Waals surface area contributed by atoms with E-state index in [0.29, 0.717) is 42.3 Å². The maximum absolute atomic E-state index is 12.6. The first-order valence-electron chi connectivity index (χ1n) is 9.76. The van der Waals surface area contributed by atoms with E-state index in [2.05, 4.69) is 22.9 Å². The molecular formula is C22H27N3O4S. The van der Waals surface area contributed by atoms with Gasteiger partial charge in [0.15, 0.2) is 5.11 Å². The van der Waals surface area contributed by atoms with E-state index in [1.165, 1.54) is 0 Å². The molecule has 0 saturated heterocycles. The Balaban J connectivity index is 1.97. The van der Waals surface area contributed by atoms with Crippen LogP contribution in [0.15, 0.2) is 48.5 Å². The van der Waals surface area contributed by atoms with Crippen LogP contribution in [0, 0.1) is 0 Å². The average Bonchev–Trinajstić information content (AvgIpc) is 2.74. The van der Waals surface area contributed by atoms with Gasteiger partial charge in [0.2, 0.25) is 0 Å². The summed E-state index contributed by atoms with van der Waals surface area (Å²) in [6, 6.07) is 13.9. The van der Waals surface area contributed by atoms with Crippen LogP contribution in [0.25, 0.3) is 0 Å². The Kier molecular flexibility index (Phi) is 9.76. The van der Waals surface area contributed by atoms with Crippen LogP contribution in [0.2, 0.25) is 0 Å². The summed E-state index contributed by atoms with van der Waals surface area (Å²) in [5.41, 5.74) is 1.47. The first kappa shape index (κ1) is 23.3. The van der Waals surface area contributed by atoms with Gasteiger partial charge in [0.25, 0.3) is 11.8 Å². The number of carbonyl (C=O) groups is 2. The fourth-order valence-electron chi connectivity index (χ4n) is 2.55. The summed E-state index contributed by atoms with van der Waals surface area (Å²) in [5.74, 6) is -0.0714. The van der Waals surface area contributed by atoms with Crippen LogP contribution in [0.1, 0.15) is 40.5 Å². The second-order valence-electron chi connectivity index (χ2n) is 6.44. The van der Waals surface area contributed by atoms with Crippen molar-refractivity contribution < 1.29 is 19.1 Å². The molecule has 30 heavy (non-hydrogen) atoms. The van der Waals surface area contributed by atoms with Gasteiger partial charge in [-0.3, -0.25) is 14.9 Å². The lowest BCUT2D eigenvalue weighted by molar-refractivity contribution is 0.0935. The summed E-state index contributed by atoms with van der Waals surface area (Å²) in [5, 5.41) is 8.46. The van der Waals surface area contributed by atoms with Gasteiger partial charge in [0.05, 0.1) is 18.8 Å². The minimum atomic E-state index is -0.368. The summed E-state index contributed by atoms with van der Waals surface area (Å²) in [6.45, 7) is 3.47. The third kappa shape index (κ3) is 7.46. The zero-order valence-corrected chi connectivity index (χ0v) is 18.0. The largest absolute Gasteiger partial charge is 0.493 e. The smallest absolute Gasteiger partial charge is 0.261 e. The molecule has 2 aromatic rings. The van der Waals surface area contributed by atoms with E-state index in [1.807, 2.05) is 6.07 Å². The van der Waals surface area contributed by atoms with E-state index in [-0.39, 0.29) is 16.9 Å². The van der Waals surface area contributed by atoms with Crippen LogP contribution < -0.4 is 20.7 Å². The number of hydrogen-bond donors (Lipinski definition) is 3. The molecule has 0 spiro atoms. The molecule has 0 aliphatic rings. The fourth-order valence-corrected chi connectivity index (χ4v) is 2.76. The molecule has 2 aromatic carbocycles. The van der Waals surface area contributed by atoms with Gasteiger partial charge in [-0.15, -0.1) is 0 Å². The van der Waals surface area contributed by atoms with Crippen LogP contribution in [0.4, 0.5) is 5.69 Å². The number of methoxy groups -OCH3 is 1. The van der Waals surface area contributed by atoms with Crippen molar-refractivity contribution >= 4 is 34.8 Å². The molecule has 0 aliphatic carbocycles. The minimum absolute atomic E-state index is 0.125. The van der Waals surface area contributed by atoms with E-state index in [4.69, 9.17) is 21.7 Å². The van der Waals surface area contributed by atoms with Gasteiger partial charge >= 0.3 is 0 Å². The van der Waals surface area contributed by atoms with Gasteiger partial charge < -0.3 is 20.1 Å². The molecule has 8 heteroatoms. The zero-order valence-electron chi connectivity index (χ0n) is 17.2. The van der Waals surface area contributed by atoms with E-state index in [9.17, 15) is 9.59 Å². The second-order valence-corrected chi connectivity index (χ2v) is 6.84.